The number of ether oxygens (including phenoxy) is 1. The van der Waals surface area contributed by atoms with E-state index in [1.807, 2.05) is 12.1 Å². The number of aromatic amines is 1. The molecule has 31 heavy (non-hydrogen) atoms. The number of hydrogen-bond acceptors (Lipinski definition) is 5. The van der Waals surface area contributed by atoms with E-state index in [2.05, 4.69) is 10.3 Å². The maximum atomic E-state index is 13.4. The van der Waals surface area contributed by atoms with Crippen LogP contribution in [-0.2, 0) is 11.3 Å². The number of ketones is 1. The monoisotopic (exact) mass is 435 g/mol. The van der Waals surface area contributed by atoms with E-state index in [1.165, 1.54) is 4.57 Å². The standard InChI is InChI=1S/C23H18ClN3O4/c1-31-11-10-27-21-18(22(29)26-23(27)30)16(12-6-8-13(24)9-7-12)17-19(25-21)14-4-2-3-5-15(14)20(17)28/h2-9,16,25H,10-11H2,1H3,(H,26,29,30)/t16-/m1/s1. The van der Waals surface area contributed by atoms with Gasteiger partial charge in [-0.3, -0.25) is 19.1 Å². The molecule has 0 amide bonds. The summed E-state index contributed by atoms with van der Waals surface area (Å²) in [5.41, 5.74) is 2.40. The van der Waals surface area contributed by atoms with Crippen molar-refractivity contribution in [2.24, 2.45) is 0 Å². The average molecular weight is 436 g/mol. The number of nitrogens with one attached hydrogen (secondary N) is 2. The third-order valence-electron chi connectivity index (χ3n) is 5.73. The van der Waals surface area contributed by atoms with E-state index in [9.17, 15) is 14.4 Å². The van der Waals surface area contributed by atoms with Crippen molar-refractivity contribution in [3.63, 3.8) is 0 Å². The summed E-state index contributed by atoms with van der Waals surface area (Å²) in [4.78, 5) is 41.4. The number of anilines is 1. The van der Waals surface area contributed by atoms with Crippen molar-refractivity contribution in [3.05, 3.63) is 102 Å². The second-order valence-corrected chi connectivity index (χ2v) is 7.88. The lowest BCUT2D eigenvalue weighted by Gasteiger charge is -2.29. The first-order valence-electron chi connectivity index (χ1n) is 9.78. The highest BCUT2D eigenvalue weighted by atomic mass is 35.5. The number of carbonyl (C=O) groups is 1. The molecule has 156 valence electrons. The van der Waals surface area contributed by atoms with Gasteiger partial charge in [-0.05, 0) is 17.7 Å². The molecular weight excluding hydrogens is 418 g/mol. The van der Waals surface area contributed by atoms with E-state index < -0.39 is 17.2 Å². The lowest BCUT2D eigenvalue weighted by Crippen LogP contribution is -2.38. The van der Waals surface area contributed by atoms with Crippen LogP contribution in [0.25, 0.3) is 5.70 Å². The van der Waals surface area contributed by atoms with Crippen molar-refractivity contribution in [1.82, 2.24) is 9.55 Å². The number of fused-ring (bicyclic) bond motifs is 3. The van der Waals surface area contributed by atoms with Crippen molar-refractivity contribution in [1.29, 1.82) is 0 Å². The van der Waals surface area contributed by atoms with E-state index in [4.69, 9.17) is 16.3 Å². The number of halogens is 1. The Hall–Kier alpha value is -3.42. The molecule has 1 atom stereocenters. The molecule has 8 heteroatoms. The number of benzene rings is 2. The van der Waals surface area contributed by atoms with Crippen LogP contribution in [0.4, 0.5) is 5.82 Å². The van der Waals surface area contributed by atoms with Crippen molar-refractivity contribution in [3.8, 4) is 0 Å². The van der Waals surface area contributed by atoms with Crippen molar-refractivity contribution < 1.29 is 9.53 Å². The molecule has 1 aliphatic heterocycles. The highest BCUT2D eigenvalue weighted by molar-refractivity contribution is 6.30. The number of hydrogen-bond donors (Lipinski definition) is 2. The Morgan fingerprint density at radius 2 is 1.74 bits per heavy atom. The van der Waals surface area contributed by atoms with Gasteiger partial charge < -0.3 is 10.1 Å². The summed E-state index contributed by atoms with van der Waals surface area (Å²) < 4.78 is 6.59. The Labute approximate surface area is 181 Å². The van der Waals surface area contributed by atoms with Crippen LogP contribution in [0.1, 0.15) is 33.0 Å². The van der Waals surface area contributed by atoms with Crippen LogP contribution in [-0.4, -0.2) is 29.1 Å². The average Bonchev–Trinajstić information content (AvgIpc) is 3.05. The summed E-state index contributed by atoms with van der Waals surface area (Å²) in [6.45, 7) is 0.528. The Balaban J connectivity index is 1.82. The number of aromatic nitrogens is 2. The van der Waals surface area contributed by atoms with Gasteiger partial charge in [0.15, 0.2) is 5.78 Å². The zero-order valence-corrected chi connectivity index (χ0v) is 17.3. The van der Waals surface area contributed by atoms with Crippen LogP contribution < -0.4 is 16.6 Å². The van der Waals surface area contributed by atoms with Crippen LogP contribution >= 0.6 is 11.6 Å². The van der Waals surface area contributed by atoms with Gasteiger partial charge >= 0.3 is 5.69 Å². The Morgan fingerprint density at radius 3 is 2.45 bits per heavy atom. The number of H-pyrrole nitrogens is 1. The molecule has 2 aromatic carbocycles. The van der Waals surface area contributed by atoms with Gasteiger partial charge in [0.1, 0.15) is 5.82 Å². The van der Waals surface area contributed by atoms with Crippen molar-refractivity contribution >= 4 is 28.9 Å². The third kappa shape index (κ3) is 2.97. The van der Waals surface area contributed by atoms with Gasteiger partial charge in [0.05, 0.1) is 24.4 Å². The zero-order valence-electron chi connectivity index (χ0n) is 16.6. The Kier molecular flexibility index (Phi) is 4.64. The minimum atomic E-state index is -0.651. The summed E-state index contributed by atoms with van der Waals surface area (Å²) in [5.74, 6) is -0.423. The minimum absolute atomic E-state index is 0.141. The van der Waals surface area contributed by atoms with E-state index in [1.54, 1.807) is 43.5 Å². The SMILES string of the molecule is COCCn1c2c(c(=O)[nH]c1=O)[C@H](c1ccc(Cl)cc1)C1=C(N2)c2ccccc2C1=O. The molecule has 0 saturated heterocycles. The molecule has 0 saturated carbocycles. The molecule has 5 rings (SSSR count). The van der Waals surface area contributed by atoms with Gasteiger partial charge in [0.25, 0.3) is 5.56 Å². The second-order valence-electron chi connectivity index (χ2n) is 7.44. The first-order valence-corrected chi connectivity index (χ1v) is 10.2. The molecule has 2 heterocycles. The largest absolute Gasteiger partial charge is 0.383 e. The molecule has 1 aromatic heterocycles. The summed E-state index contributed by atoms with van der Waals surface area (Å²) in [7, 11) is 1.54. The van der Waals surface area contributed by atoms with Gasteiger partial charge in [-0.15, -0.1) is 0 Å². The summed E-state index contributed by atoms with van der Waals surface area (Å²) in [5, 5.41) is 3.78. The number of nitrogens with zero attached hydrogens (tertiary/aromatic N) is 1. The van der Waals surface area contributed by atoms with Crippen molar-refractivity contribution in [2.45, 2.75) is 12.5 Å². The lowest BCUT2D eigenvalue weighted by molar-refractivity contribution is 0.103. The summed E-state index contributed by atoms with van der Waals surface area (Å²) in [6, 6.07) is 14.3. The molecule has 2 aliphatic rings. The summed E-state index contributed by atoms with van der Waals surface area (Å²) in [6.07, 6.45) is 0. The number of methoxy groups -OCH3 is 1. The fraction of sp³-hybridized carbons (Fsp3) is 0.174. The number of carbonyl (C=O) groups excluding carboxylic acids is 1. The van der Waals surface area contributed by atoms with Crippen LogP contribution in [0, 0.1) is 0 Å². The maximum absolute atomic E-state index is 13.4. The predicted octanol–water partition coefficient (Wildman–Crippen LogP) is 3.00. The maximum Gasteiger partial charge on any atom is 0.330 e. The highest BCUT2D eigenvalue weighted by Crippen LogP contribution is 2.47. The number of rotatable bonds is 4. The first kappa shape index (κ1) is 19.5. The minimum Gasteiger partial charge on any atom is -0.383 e. The van der Waals surface area contributed by atoms with Crippen LogP contribution in [0.2, 0.25) is 5.02 Å². The van der Waals surface area contributed by atoms with Crippen molar-refractivity contribution in [2.75, 3.05) is 19.0 Å². The molecule has 0 unspecified atom stereocenters. The highest BCUT2D eigenvalue weighted by Gasteiger charge is 2.42. The van der Waals surface area contributed by atoms with E-state index >= 15 is 0 Å². The van der Waals surface area contributed by atoms with E-state index in [0.29, 0.717) is 33.2 Å². The first-order chi connectivity index (χ1) is 15.0. The molecule has 0 radical (unpaired) electrons. The lowest BCUT2D eigenvalue weighted by atomic mass is 9.81. The molecule has 0 bridgehead atoms. The molecular formula is C23H18ClN3O4. The van der Waals surface area contributed by atoms with Gasteiger partial charge in [-0.2, -0.15) is 0 Å². The van der Waals surface area contributed by atoms with Gasteiger partial charge in [0, 0.05) is 34.8 Å². The molecule has 7 nitrogen and oxygen atoms in total. The van der Waals surface area contributed by atoms with Crippen LogP contribution in [0.5, 0.6) is 0 Å². The second kappa shape index (κ2) is 7.37. The number of Topliss-reactive ketones (excluding diaryl/α,β-unsaturated/α-hetero) is 1. The predicted molar refractivity (Wildman–Crippen MR) is 118 cm³/mol. The fourth-order valence-electron chi connectivity index (χ4n) is 4.35. The smallest absolute Gasteiger partial charge is 0.330 e. The van der Waals surface area contributed by atoms with Crippen LogP contribution in [0.3, 0.4) is 0 Å². The molecule has 0 fully saturated rings. The molecule has 2 N–H and O–H groups in total. The Morgan fingerprint density at radius 1 is 1.03 bits per heavy atom. The third-order valence-corrected chi connectivity index (χ3v) is 5.99. The van der Waals surface area contributed by atoms with E-state index in [0.717, 1.165) is 11.1 Å². The molecule has 1 aliphatic carbocycles. The van der Waals surface area contributed by atoms with E-state index in [-0.39, 0.29) is 18.9 Å². The fourth-order valence-corrected chi connectivity index (χ4v) is 4.48. The van der Waals surface area contributed by atoms with Gasteiger partial charge in [0.2, 0.25) is 0 Å². The van der Waals surface area contributed by atoms with Crippen LogP contribution in [0.15, 0.2) is 63.7 Å². The topological polar surface area (TPSA) is 93.2 Å². The Bertz CT molecular complexity index is 1370. The zero-order chi connectivity index (χ0) is 21.7. The summed E-state index contributed by atoms with van der Waals surface area (Å²) >= 11 is 6.08. The molecule has 3 aromatic rings. The van der Waals surface area contributed by atoms with Gasteiger partial charge in [-0.1, -0.05) is 48.0 Å². The number of allylic oxidation sites excluding steroid dienone is 1. The molecule has 0 spiro atoms. The quantitative estimate of drug-likeness (QED) is 0.657. The normalized spacial score (nSPS) is 16.6. The van der Waals surface area contributed by atoms with Gasteiger partial charge in [-0.25, -0.2) is 4.79 Å².